The summed E-state index contributed by atoms with van der Waals surface area (Å²) in [7, 11) is 1.59. The van der Waals surface area contributed by atoms with Crippen LogP contribution < -0.4 is 10.6 Å². The molecular formula is C11H16N6O2. The molecule has 0 aliphatic rings. The molecule has 0 bridgehead atoms. The standard InChI is InChI=1S/C11H16N6O2/c1-8-15-16-11-10(13-3-5-17(8)11)14-7-9(18)12-4-6-19-2/h3,5H,4,6-7H2,1-2H3,(H,12,18)(H,13,14). The highest BCUT2D eigenvalue weighted by Crippen LogP contribution is 2.11. The fourth-order valence-corrected chi connectivity index (χ4v) is 1.59. The number of amides is 1. The molecule has 8 nitrogen and oxygen atoms in total. The molecule has 0 spiro atoms. The summed E-state index contributed by atoms with van der Waals surface area (Å²) in [6.45, 7) is 2.95. The van der Waals surface area contributed by atoms with Crippen LogP contribution in [0, 0.1) is 6.92 Å². The van der Waals surface area contributed by atoms with Crippen molar-refractivity contribution in [3.05, 3.63) is 18.2 Å². The van der Waals surface area contributed by atoms with Gasteiger partial charge in [0.05, 0.1) is 13.2 Å². The van der Waals surface area contributed by atoms with Crippen LogP contribution >= 0.6 is 0 Å². The van der Waals surface area contributed by atoms with Gasteiger partial charge >= 0.3 is 0 Å². The molecule has 0 radical (unpaired) electrons. The lowest BCUT2D eigenvalue weighted by Gasteiger charge is -2.07. The van der Waals surface area contributed by atoms with Gasteiger partial charge in [0.25, 0.3) is 0 Å². The van der Waals surface area contributed by atoms with E-state index in [-0.39, 0.29) is 12.5 Å². The maximum absolute atomic E-state index is 11.5. The Hall–Kier alpha value is -2.22. The van der Waals surface area contributed by atoms with Crippen LogP contribution in [-0.4, -0.2) is 52.3 Å². The number of carbonyl (C=O) groups excluding carboxylic acids is 1. The van der Waals surface area contributed by atoms with Crippen LogP contribution in [0.2, 0.25) is 0 Å². The van der Waals surface area contributed by atoms with E-state index < -0.39 is 0 Å². The third-order valence-corrected chi connectivity index (χ3v) is 2.54. The molecule has 0 unspecified atom stereocenters. The van der Waals surface area contributed by atoms with Gasteiger partial charge in [-0.2, -0.15) is 0 Å². The second kappa shape index (κ2) is 6.10. The molecule has 2 rings (SSSR count). The minimum atomic E-state index is -0.128. The van der Waals surface area contributed by atoms with Gasteiger partial charge < -0.3 is 15.4 Å². The van der Waals surface area contributed by atoms with Crippen LogP contribution in [0.4, 0.5) is 5.82 Å². The number of nitrogens with one attached hydrogen (secondary N) is 2. The molecule has 2 heterocycles. The summed E-state index contributed by atoms with van der Waals surface area (Å²) in [6, 6.07) is 0. The number of nitrogens with zero attached hydrogens (tertiary/aromatic N) is 4. The van der Waals surface area contributed by atoms with Gasteiger partial charge in [0.15, 0.2) is 5.82 Å². The SMILES string of the molecule is COCCNC(=O)CNc1nccn2c(C)nnc12. The molecule has 8 heteroatoms. The summed E-state index contributed by atoms with van der Waals surface area (Å²) in [6.07, 6.45) is 3.41. The molecule has 0 fully saturated rings. The Kier molecular flexibility index (Phi) is 4.24. The summed E-state index contributed by atoms with van der Waals surface area (Å²) >= 11 is 0. The minimum Gasteiger partial charge on any atom is -0.383 e. The van der Waals surface area contributed by atoms with Crippen molar-refractivity contribution in [2.24, 2.45) is 0 Å². The first-order valence-electron chi connectivity index (χ1n) is 5.88. The Bertz CT molecular complexity index is 567. The fraction of sp³-hybridized carbons (Fsp3) is 0.455. The Morgan fingerprint density at radius 1 is 1.47 bits per heavy atom. The first kappa shape index (κ1) is 13.2. The van der Waals surface area contributed by atoms with Crippen LogP contribution in [0.3, 0.4) is 0 Å². The van der Waals surface area contributed by atoms with Crippen molar-refractivity contribution >= 4 is 17.4 Å². The van der Waals surface area contributed by atoms with Crippen molar-refractivity contribution < 1.29 is 9.53 Å². The second-order valence-corrected chi connectivity index (χ2v) is 3.91. The van der Waals surface area contributed by atoms with Gasteiger partial charge in [0, 0.05) is 26.0 Å². The third kappa shape index (κ3) is 3.16. The first-order valence-corrected chi connectivity index (χ1v) is 5.88. The number of ether oxygens (including phenoxy) is 1. The maximum atomic E-state index is 11.5. The number of rotatable bonds is 6. The molecule has 1 amide bonds. The van der Waals surface area contributed by atoms with Gasteiger partial charge in [-0.25, -0.2) is 4.98 Å². The number of aromatic nitrogens is 4. The number of carbonyl (C=O) groups is 1. The van der Waals surface area contributed by atoms with Gasteiger partial charge in [-0.05, 0) is 6.92 Å². The number of anilines is 1. The lowest BCUT2D eigenvalue weighted by atomic mass is 10.5. The number of fused-ring (bicyclic) bond motifs is 1. The van der Waals surface area contributed by atoms with Crippen LogP contribution in [0.15, 0.2) is 12.4 Å². The summed E-state index contributed by atoms with van der Waals surface area (Å²) in [4.78, 5) is 15.7. The number of methoxy groups -OCH3 is 1. The minimum absolute atomic E-state index is 0.127. The first-order chi connectivity index (χ1) is 9.22. The molecule has 0 aliphatic heterocycles. The van der Waals surface area contributed by atoms with Crippen molar-refractivity contribution in [3.63, 3.8) is 0 Å². The summed E-state index contributed by atoms with van der Waals surface area (Å²) in [5.41, 5.74) is 0.602. The summed E-state index contributed by atoms with van der Waals surface area (Å²) in [5.74, 6) is 1.17. The van der Waals surface area contributed by atoms with E-state index in [4.69, 9.17) is 4.74 Å². The predicted molar refractivity (Wildman–Crippen MR) is 68.9 cm³/mol. The quantitative estimate of drug-likeness (QED) is 0.690. The van der Waals surface area contributed by atoms with Gasteiger partial charge in [0.2, 0.25) is 11.6 Å². The fourth-order valence-electron chi connectivity index (χ4n) is 1.59. The monoisotopic (exact) mass is 264 g/mol. The van der Waals surface area contributed by atoms with Crippen molar-refractivity contribution in [3.8, 4) is 0 Å². The molecule has 2 N–H and O–H groups in total. The van der Waals surface area contributed by atoms with E-state index in [0.717, 1.165) is 5.82 Å². The van der Waals surface area contributed by atoms with Crippen LogP contribution in [0.5, 0.6) is 0 Å². The predicted octanol–water partition coefficient (Wildman–Crippen LogP) is -0.393. The summed E-state index contributed by atoms with van der Waals surface area (Å²) in [5, 5.41) is 13.6. The summed E-state index contributed by atoms with van der Waals surface area (Å²) < 4.78 is 6.65. The molecule has 0 saturated carbocycles. The average molecular weight is 264 g/mol. The molecule has 19 heavy (non-hydrogen) atoms. The zero-order valence-electron chi connectivity index (χ0n) is 10.9. The third-order valence-electron chi connectivity index (χ3n) is 2.54. The van der Waals surface area contributed by atoms with Gasteiger partial charge in [0.1, 0.15) is 5.82 Å². The topological polar surface area (TPSA) is 93.4 Å². The highest BCUT2D eigenvalue weighted by atomic mass is 16.5. The van der Waals surface area contributed by atoms with E-state index in [1.165, 1.54) is 0 Å². The Balaban J connectivity index is 1.96. The lowest BCUT2D eigenvalue weighted by Crippen LogP contribution is -2.32. The van der Waals surface area contributed by atoms with Crippen LogP contribution in [0.25, 0.3) is 5.65 Å². The molecule has 2 aromatic heterocycles. The molecule has 0 atom stereocenters. The van der Waals surface area contributed by atoms with E-state index in [1.807, 2.05) is 6.92 Å². The zero-order chi connectivity index (χ0) is 13.7. The Morgan fingerprint density at radius 3 is 3.11 bits per heavy atom. The molecule has 2 aromatic rings. The highest BCUT2D eigenvalue weighted by Gasteiger charge is 2.08. The van der Waals surface area contributed by atoms with Crippen molar-refractivity contribution in [2.45, 2.75) is 6.92 Å². The molecule has 0 saturated heterocycles. The van der Waals surface area contributed by atoms with Gasteiger partial charge in [-0.1, -0.05) is 0 Å². The zero-order valence-corrected chi connectivity index (χ0v) is 10.9. The van der Waals surface area contributed by atoms with Crippen molar-refractivity contribution in [1.82, 2.24) is 24.9 Å². The number of hydrogen-bond acceptors (Lipinski definition) is 6. The van der Waals surface area contributed by atoms with Gasteiger partial charge in [-0.3, -0.25) is 9.20 Å². The maximum Gasteiger partial charge on any atom is 0.239 e. The van der Waals surface area contributed by atoms with Crippen molar-refractivity contribution in [2.75, 3.05) is 32.1 Å². The smallest absolute Gasteiger partial charge is 0.239 e. The van der Waals surface area contributed by atoms with Crippen LogP contribution in [-0.2, 0) is 9.53 Å². The van der Waals surface area contributed by atoms with E-state index in [0.29, 0.717) is 24.6 Å². The number of hydrogen-bond donors (Lipinski definition) is 2. The molecule has 102 valence electrons. The van der Waals surface area contributed by atoms with Crippen LogP contribution in [0.1, 0.15) is 5.82 Å². The average Bonchev–Trinajstić information content (AvgIpc) is 2.79. The van der Waals surface area contributed by atoms with Gasteiger partial charge in [-0.15, -0.1) is 10.2 Å². The van der Waals surface area contributed by atoms with E-state index in [2.05, 4.69) is 25.8 Å². The Morgan fingerprint density at radius 2 is 2.32 bits per heavy atom. The van der Waals surface area contributed by atoms with E-state index >= 15 is 0 Å². The Labute approximate surface area is 110 Å². The van der Waals surface area contributed by atoms with E-state index in [9.17, 15) is 4.79 Å². The number of aryl methyl sites for hydroxylation is 1. The van der Waals surface area contributed by atoms with E-state index in [1.54, 1.807) is 23.9 Å². The van der Waals surface area contributed by atoms with Crippen molar-refractivity contribution in [1.29, 1.82) is 0 Å². The molecule has 0 aromatic carbocycles. The highest BCUT2D eigenvalue weighted by molar-refractivity contribution is 5.81. The largest absolute Gasteiger partial charge is 0.383 e. The molecular weight excluding hydrogens is 248 g/mol. The second-order valence-electron chi connectivity index (χ2n) is 3.91. The molecule has 0 aliphatic carbocycles. The normalized spacial score (nSPS) is 10.6. The lowest BCUT2D eigenvalue weighted by molar-refractivity contribution is -0.119.